The van der Waals surface area contributed by atoms with E-state index < -0.39 is 5.91 Å². The molecule has 1 amide bonds. The first-order valence-corrected chi connectivity index (χ1v) is 8.31. The summed E-state index contributed by atoms with van der Waals surface area (Å²) >= 11 is 5.99. The first-order valence-electron chi connectivity index (χ1n) is 7.94. The van der Waals surface area contributed by atoms with Gasteiger partial charge in [0.2, 0.25) is 0 Å². The topological polar surface area (TPSA) is 55.4 Å². The summed E-state index contributed by atoms with van der Waals surface area (Å²) in [6.45, 7) is 0. The summed E-state index contributed by atoms with van der Waals surface area (Å²) in [5.74, 6) is -0.170. The minimum Gasteiger partial charge on any atom is -0.496 e. The Morgan fingerprint density at radius 3 is 2.31 bits per heavy atom. The number of methoxy groups -OCH3 is 1. The zero-order chi connectivity index (χ0) is 18.5. The van der Waals surface area contributed by atoms with Gasteiger partial charge in [-0.3, -0.25) is 9.59 Å². The van der Waals surface area contributed by atoms with E-state index in [4.69, 9.17) is 16.3 Å². The van der Waals surface area contributed by atoms with Crippen molar-refractivity contribution in [2.75, 3.05) is 12.4 Å². The van der Waals surface area contributed by atoms with Crippen molar-refractivity contribution < 1.29 is 14.3 Å². The maximum Gasteiger partial charge on any atom is 0.259 e. The predicted molar refractivity (Wildman–Crippen MR) is 102 cm³/mol. The molecule has 0 radical (unpaired) electrons. The van der Waals surface area contributed by atoms with Gasteiger partial charge in [-0.25, -0.2) is 0 Å². The third-order valence-corrected chi connectivity index (χ3v) is 4.10. The Morgan fingerprint density at radius 2 is 1.58 bits per heavy atom. The first kappa shape index (κ1) is 17.7. The zero-order valence-corrected chi connectivity index (χ0v) is 14.8. The van der Waals surface area contributed by atoms with Gasteiger partial charge in [0, 0.05) is 16.1 Å². The van der Waals surface area contributed by atoms with Crippen LogP contribution in [0.25, 0.3) is 0 Å². The third-order valence-electron chi connectivity index (χ3n) is 3.86. The molecule has 4 nitrogen and oxygen atoms in total. The second kappa shape index (κ2) is 7.85. The number of hydrogen-bond acceptors (Lipinski definition) is 3. The number of carbonyl (C=O) groups excluding carboxylic acids is 2. The van der Waals surface area contributed by atoms with Crippen LogP contribution in [-0.4, -0.2) is 18.8 Å². The molecule has 130 valence electrons. The minimum absolute atomic E-state index is 0.167. The van der Waals surface area contributed by atoms with Gasteiger partial charge in [-0.2, -0.15) is 0 Å². The van der Waals surface area contributed by atoms with Gasteiger partial charge >= 0.3 is 0 Å². The molecule has 26 heavy (non-hydrogen) atoms. The molecule has 0 heterocycles. The molecular formula is C21H16ClNO3. The van der Waals surface area contributed by atoms with Crippen molar-refractivity contribution in [3.63, 3.8) is 0 Å². The lowest BCUT2D eigenvalue weighted by Gasteiger charge is -2.12. The maximum absolute atomic E-state index is 12.8. The summed E-state index contributed by atoms with van der Waals surface area (Å²) in [5.41, 5.74) is 1.68. The standard InChI is InChI=1S/C21H16ClNO3/c1-26-19-12-11-15(22)13-17(19)21(25)23-18-10-6-5-9-16(18)20(24)14-7-3-2-4-8-14/h2-13H,1H3,(H,23,25). The lowest BCUT2D eigenvalue weighted by Crippen LogP contribution is -2.16. The van der Waals surface area contributed by atoms with Crippen molar-refractivity contribution in [3.05, 3.63) is 94.5 Å². The fourth-order valence-corrected chi connectivity index (χ4v) is 2.75. The number of anilines is 1. The highest BCUT2D eigenvalue weighted by Gasteiger charge is 2.18. The van der Waals surface area contributed by atoms with Crippen LogP contribution in [0.2, 0.25) is 5.02 Å². The molecule has 3 rings (SSSR count). The van der Waals surface area contributed by atoms with Crippen molar-refractivity contribution in [1.82, 2.24) is 0 Å². The van der Waals surface area contributed by atoms with Crippen LogP contribution in [0.5, 0.6) is 5.75 Å². The fourth-order valence-electron chi connectivity index (χ4n) is 2.58. The maximum atomic E-state index is 12.8. The number of ether oxygens (including phenoxy) is 1. The molecule has 0 spiro atoms. The quantitative estimate of drug-likeness (QED) is 0.659. The second-order valence-corrected chi connectivity index (χ2v) is 5.98. The van der Waals surface area contributed by atoms with Gasteiger partial charge in [-0.15, -0.1) is 0 Å². The molecule has 0 aliphatic heterocycles. The van der Waals surface area contributed by atoms with Crippen LogP contribution in [0.15, 0.2) is 72.8 Å². The monoisotopic (exact) mass is 365 g/mol. The van der Waals surface area contributed by atoms with Crippen LogP contribution >= 0.6 is 11.6 Å². The number of nitrogens with one attached hydrogen (secondary N) is 1. The molecule has 0 atom stereocenters. The molecule has 0 aliphatic rings. The Bertz CT molecular complexity index is 954. The van der Waals surface area contributed by atoms with Crippen molar-refractivity contribution >= 4 is 29.0 Å². The van der Waals surface area contributed by atoms with E-state index in [1.165, 1.54) is 13.2 Å². The largest absolute Gasteiger partial charge is 0.496 e. The summed E-state index contributed by atoms with van der Waals surface area (Å²) in [6, 6.07) is 20.6. The highest BCUT2D eigenvalue weighted by atomic mass is 35.5. The molecule has 0 bridgehead atoms. The number of halogens is 1. The Balaban J connectivity index is 1.93. The van der Waals surface area contributed by atoms with E-state index in [0.717, 1.165) is 0 Å². The molecule has 1 N–H and O–H groups in total. The summed E-state index contributed by atoms with van der Waals surface area (Å²) < 4.78 is 5.22. The molecule has 0 unspecified atom stereocenters. The van der Waals surface area contributed by atoms with E-state index in [9.17, 15) is 9.59 Å². The molecule has 5 heteroatoms. The van der Waals surface area contributed by atoms with Crippen LogP contribution in [-0.2, 0) is 0 Å². The van der Waals surface area contributed by atoms with E-state index in [-0.39, 0.29) is 5.78 Å². The molecule has 0 saturated heterocycles. The number of rotatable bonds is 5. The van der Waals surface area contributed by atoms with E-state index in [1.54, 1.807) is 60.7 Å². The SMILES string of the molecule is COc1ccc(Cl)cc1C(=O)Nc1ccccc1C(=O)c1ccccc1. The molecule has 3 aromatic carbocycles. The van der Waals surface area contributed by atoms with Gasteiger partial charge in [0.25, 0.3) is 5.91 Å². The molecule has 3 aromatic rings. The van der Waals surface area contributed by atoms with Crippen molar-refractivity contribution in [3.8, 4) is 5.75 Å². The third kappa shape index (κ3) is 3.76. The van der Waals surface area contributed by atoms with Crippen LogP contribution in [0.3, 0.4) is 0 Å². The Labute approximate surface area is 156 Å². The Morgan fingerprint density at radius 1 is 0.885 bits per heavy atom. The normalized spacial score (nSPS) is 10.2. The number of amides is 1. The van der Waals surface area contributed by atoms with Crippen molar-refractivity contribution in [2.24, 2.45) is 0 Å². The summed E-state index contributed by atoms with van der Waals surface area (Å²) in [4.78, 5) is 25.5. The van der Waals surface area contributed by atoms with Crippen LogP contribution in [0.4, 0.5) is 5.69 Å². The van der Waals surface area contributed by atoms with Crippen molar-refractivity contribution in [2.45, 2.75) is 0 Å². The second-order valence-electron chi connectivity index (χ2n) is 5.54. The minimum atomic E-state index is -0.405. The van der Waals surface area contributed by atoms with E-state index in [1.807, 2.05) is 6.07 Å². The lowest BCUT2D eigenvalue weighted by atomic mass is 10.0. The molecular weight excluding hydrogens is 350 g/mol. The van der Waals surface area contributed by atoms with Gasteiger partial charge in [-0.1, -0.05) is 54.1 Å². The number of carbonyl (C=O) groups is 2. The highest BCUT2D eigenvalue weighted by Crippen LogP contribution is 2.25. The van der Waals surface area contributed by atoms with Gasteiger partial charge in [0.15, 0.2) is 5.78 Å². The smallest absolute Gasteiger partial charge is 0.259 e. The summed E-state index contributed by atoms with van der Waals surface area (Å²) in [5, 5.41) is 3.20. The van der Waals surface area contributed by atoms with Gasteiger partial charge < -0.3 is 10.1 Å². The summed E-state index contributed by atoms with van der Waals surface area (Å²) in [7, 11) is 1.48. The Hall–Kier alpha value is -3.11. The van der Waals surface area contributed by atoms with Gasteiger partial charge in [0.05, 0.1) is 18.4 Å². The van der Waals surface area contributed by atoms with E-state index in [0.29, 0.717) is 33.1 Å². The molecule has 0 fully saturated rings. The average molecular weight is 366 g/mol. The first-order chi connectivity index (χ1) is 12.6. The molecule has 0 aliphatic carbocycles. The van der Waals surface area contributed by atoms with Gasteiger partial charge in [0.1, 0.15) is 5.75 Å². The Kier molecular flexibility index (Phi) is 5.34. The number of para-hydroxylation sites is 1. The van der Waals surface area contributed by atoms with E-state index >= 15 is 0 Å². The van der Waals surface area contributed by atoms with Crippen LogP contribution in [0.1, 0.15) is 26.3 Å². The molecule has 0 aromatic heterocycles. The summed E-state index contributed by atoms with van der Waals surface area (Å²) in [6.07, 6.45) is 0. The number of ketones is 1. The fraction of sp³-hybridized carbons (Fsp3) is 0.0476. The average Bonchev–Trinajstić information content (AvgIpc) is 2.68. The van der Waals surface area contributed by atoms with Gasteiger partial charge in [-0.05, 0) is 30.3 Å². The number of benzene rings is 3. The predicted octanol–water partition coefficient (Wildman–Crippen LogP) is 4.83. The van der Waals surface area contributed by atoms with Crippen LogP contribution in [0, 0.1) is 0 Å². The number of hydrogen-bond donors (Lipinski definition) is 1. The molecule has 0 saturated carbocycles. The lowest BCUT2D eigenvalue weighted by molar-refractivity contribution is 0.102. The van der Waals surface area contributed by atoms with Crippen molar-refractivity contribution in [1.29, 1.82) is 0 Å². The highest BCUT2D eigenvalue weighted by molar-refractivity contribution is 6.31. The zero-order valence-electron chi connectivity index (χ0n) is 14.0. The van der Waals surface area contributed by atoms with E-state index in [2.05, 4.69) is 5.32 Å². The van der Waals surface area contributed by atoms with Crippen LogP contribution < -0.4 is 10.1 Å².